The number of carbonyl (C=O) groups is 3. The monoisotopic (exact) mass is 540 g/mol. The molecule has 0 aromatic heterocycles. The molecule has 0 fully saturated rings. The SMILES string of the molecule is CCC(N=C=O)OC(=O)CCC(N=C=O)C(=O)OCCOC(O)C(CCC(=O)OC(CC)N=C=O)N=C=O. The van der Waals surface area contributed by atoms with Gasteiger partial charge in [-0.25, -0.2) is 24.0 Å². The Hall–Kier alpha value is -4.15. The summed E-state index contributed by atoms with van der Waals surface area (Å²) in [6, 6.07) is -2.59. The molecule has 0 bridgehead atoms. The maximum atomic E-state index is 12.2. The quantitative estimate of drug-likeness (QED) is 0.0540. The number of aliphatic hydroxyl groups is 1. The Bertz CT molecular complexity index is 963. The smallest absolute Gasteiger partial charge is 0.331 e. The van der Waals surface area contributed by atoms with E-state index in [9.17, 15) is 38.7 Å². The summed E-state index contributed by atoms with van der Waals surface area (Å²) in [6.07, 6.45) is 0.639. The average molecular weight is 540 g/mol. The Kier molecular flexibility index (Phi) is 18.7. The van der Waals surface area contributed by atoms with Crippen LogP contribution in [-0.4, -0.2) is 91.4 Å². The van der Waals surface area contributed by atoms with Crippen LogP contribution in [0.25, 0.3) is 0 Å². The number of esters is 3. The molecular formula is C22H28N4O12. The number of hydrogen-bond donors (Lipinski definition) is 1. The maximum absolute atomic E-state index is 12.2. The van der Waals surface area contributed by atoms with E-state index < -0.39 is 55.3 Å². The van der Waals surface area contributed by atoms with E-state index in [0.717, 1.165) is 0 Å². The summed E-state index contributed by atoms with van der Waals surface area (Å²) >= 11 is 0. The van der Waals surface area contributed by atoms with E-state index in [-0.39, 0.29) is 45.1 Å². The number of hydrogen-bond acceptors (Lipinski definition) is 16. The fourth-order valence-corrected chi connectivity index (χ4v) is 2.62. The van der Waals surface area contributed by atoms with Gasteiger partial charge in [-0.15, -0.1) is 0 Å². The van der Waals surface area contributed by atoms with E-state index >= 15 is 0 Å². The lowest BCUT2D eigenvalue weighted by molar-refractivity contribution is -0.157. The number of isocyanates is 4. The Morgan fingerprint density at radius 1 is 0.737 bits per heavy atom. The van der Waals surface area contributed by atoms with Gasteiger partial charge in [0.05, 0.1) is 6.61 Å². The highest BCUT2D eigenvalue weighted by molar-refractivity contribution is 5.78. The van der Waals surface area contributed by atoms with Gasteiger partial charge in [0.25, 0.3) is 0 Å². The van der Waals surface area contributed by atoms with Crippen molar-refractivity contribution >= 4 is 42.2 Å². The van der Waals surface area contributed by atoms with Crippen molar-refractivity contribution in [2.75, 3.05) is 13.2 Å². The van der Waals surface area contributed by atoms with Crippen molar-refractivity contribution < 1.29 is 57.6 Å². The van der Waals surface area contributed by atoms with Crippen LogP contribution in [0, 0.1) is 0 Å². The third kappa shape index (κ3) is 15.1. The zero-order valence-corrected chi connectivity index (χ0v) is 20.8. The van der Waals surface area contributed by atoms with Gasteiger partial charge in [-0.05, 0) is 12.8 Å². The summed E-state index contributed by atoms with van der Waals surface area (Å²) in [4.78, 5) is 90.9. The Balaban J connectivity index is 4.66. The minimum Gasteiger partial charge on any atom is -0.462 e. The lowest BCUT2D eigenvalue weighted by Gasteiger charge is -2.19. The Morgan fingerprint density at radius 2 is 1.24 bits per heavy atom. The second-order valence-corrected chi connectivity index (χ2v) is 7.18. The summed E-state index contributed by atoms with van der Waals surface area (Å²) in [6.45, 7) is 2.44. The number of aliphatic imine (C=N–C) groups is 4. The topological polar surface area (TPSA) is 226 Å². The van der Waals surface area contributed by atoms with Crippen LogP contribution in [0.3, 0.4) is 0 Å². The van der Waals surface area contributed by atoms with Gasteiger partial charge in [0.15, 0.2) is 12.3 Å². The zero-order chi connectivity index (χ0) is 28.8. The van der Waals surface area contributed by atoms with Crippen molar-refractivity contribution in [3.05, 3.63) is 0 Å². The van der Waals surface area contributed by atoms with Gasteiger partial charge in [-0.2, -0.15) is 20.0 Å². The molecule has 0 aliphatic heterocycles. The minimum absolute atomic E-state index is 0.181. The molecule has 0 radical (unpaired) electrons. The highest BCUT2D eigenvalue weighted by Gasteiger charge is 2.24. The van der Waals surface area contributed by atoms with Crippen molar-refractivity contribution in [1.29, 1.82) is 0 Å². The molecule has 1 N–H and O–H groups in total. The van der Waals surface area contributed by atoms with E-state index in [0.29, 0.717) is 0 Å². The first-order chi connectivity index (χ1) is 18.3. The molecule has 0 amide bonds. The van der Waals surface area contributed by atoms with E-state index in [1.54, 1.807) is 13.8 Å². The fraction of sp³-hybridized carbons (Fsp3) is 0.682. The van der Waals surface area contributed by atoms with Gasteiger partial charge in [0.1, 0.15) is 12.6 Å². The Labute approximate surface area is 216 Å². The average Bonchev–Trinajstić information content (AvgIpc) is 2.90. The summed E-state index contributed by atoms with van der Waals surface area (Å²) < 4.78 is 19.8. The molecule has 0 aliphatic carbocycles. The highest BCUT2D eigenvalue weighted by Crippen LogP contribution is 2.12. The van der Waals surface area contributed by atoms with Gasteiger partial charge in [0.2, 0.25) is 36.8 Å². The van der Waals surface area contributed by atoms with Gasteiger partial charge in [0, 0.05) is 25.7 Å². The highest BCUT2D eigenvalue weighted by atomic mass is 16.6. The van der Waals surface area contributed by atoms with Gasteiger partial charge < -0.3 is 24.1 Å². The normalized spacial score (nSPS) is 13.9. The first-order valence-electron chi connectivity index (χ1n) is 11.4. The van der Waals surface area contributed by atoms with Crippen LogP contribution in [0.1, 0.15) is 52.4 Å². The van der Waals surface area contributed by atoms with Crippen LogP contribution in [0.2, 0.25) is 0 Å². The second kappa shape index (κ2) is 21.0. The maximum Gasteiger partial charge on any atom is 0.331 e. The Morgan fingerprint density at radius 3 is 1.71 bits per heavy atom. The molecule has 0 aromatic carbocycles. The van der Waals surface area contributed by atoms with Crippen molar-refractivity contribution in [3.8, 4) is 0 Å². The van der Waals surface area contributed by atoms with Crippen LogP contribution < -0.4 is 0 Å². The third-order valence-corrected chi connectivity index (χ3v) is 4.54. The molecule has 0 spiro atoms. The molecule has 5 unspecified atom stereocenters. The van der Waals surface area contributed by atoms with Gasteiger partial charge in [-0.3, -0.25) is 9.59 Å². The molecule has 0 aromatic rings. The molecule has 0 saturated heterocycles. The molecule has 0 saturated carbocycles. The number of aliphatic hydroxyl groups excluding tert-OH is 1. The number of ether oxygens (including phenoxy) is 4. The summed E-state index contributed by atoms with van der Waals surface area (Å²) in [5.74, 6) is -2.56. The van der Waals surface area contributed by atoms with Gasteiger partial charge in [-0.1, -0.05) is 13.8 Å². The zero-order valence-electron chi connectivity index (χ0n) is 20.8. The second-order valence-electron chi connectivity index (χ2n) is 7.18. The van der Waals surface area contributed by atoms with E-state index in [1.807, 2.05) is 0 Å². The fourth-order valence-electron chi connectivity index (χ4n) is 2.62. The van der Waals surface area contributed by atoms with Crippen molar-refractivity contribution in [1.82, 2.24) is 0 Å². The van der Waals surface area contributed by atoms with Crippen molar-refractivity contribution in [2.45, 2.75) is 83.2 Å². The van der Waals surface area contributed by atoms with Crippen LogP contribution in [0.15, 0.2) is 20.0 Å². The summed E-state index contributed by atoms with van der Waals surface area (Å²) in [5.41, 5.74) is 0. The van der Waals surface area contributed by atoms with Crippen molar-refractivity contribution in [2.24, 2.45) is 20.0 Å². The summed E-state index contributed by atoms with van der Waals surface area (Å²) in [7, 11) is 0. The number of nitrogens with zero attached hydrogens (tertiary/aromatic N) is 4. The first kappa shape index (κ1) is 33.8. The van der Waals surface area contributed by atoms with Crippen LogP contribution >= 0.6 is 0 Å². The number of rotatable bonds is 20. The number of carbonyl (C=O) groups excluding carboxylic acids is 7. The van der Waals surface area contributed by atoms with E-state index in [1.165, 1.54) is 24.3 Å². The molecule has 0 aliphatic rings. The predicted octanol–water partition coefficient (Wildman–Crippen LogP) is 0.0640. The van der Waals surface area contributed by atoms with Crippen LogP contribution in [0.5, 0.6) is 0 Å². The summed E-state index contributed by atoms with van der Waals surface area (Å²) in [5, 5.41) is 10.1. The lowest BCUT2D eigenvalue weighted by Crippen LogP contribution is -2.31. The first-order valence-corrected chi connectivity index (χ1v) is 11.4. The molecular weight excluding hydrogens is 512 g/mol. The molecule has 38 heavy (non-hydrogen) atoms. The standard InChI is InChI=1S/C22H28N4O12/c1-3-17(25-13-29)37-19(31)7-5-15(23-11-27)21(33)35-9-10-36-22(34)16(24-12-28)6-8-20(32)38-18(4-2)26-14-30/h15-18,21,33H,3-10H2,1-2H3. The van der Waals surface area contributed by atoms with Gasteiger partial charge >= 0.3 is 17.9 Å². The largest absolute Gasteiger partial charge is 0.462 e. The minimum atomic E-state index is -1.68. The molecule has 0 rings (SSSR count). The van der Waals surface area contributed by atoms with E-state index in [2.05, 4.69) is 20.0 Å². The van der Waals surface area contributed by atoms with Crippen LogP contribution in [-0.2, 0) is 52.5 Å². The predicted molar refractivity (Wildman–Crippen MR) is 122 cm³/mol. The molecule has 5 atom stereocenters. The van der Waals surface area contributed by atoms with Crippen LogP contribution in [0.4, 0.5) is 0 Å². The lowest BCUT2D eigenvalue weighted by atomic mass is 10.1. The molecule has 16 heteroatoms. The third-order valence-electron chi connectivity index (χ3n) is 4.54. The molecule has 208 valence electrons. The molecule has 16 nitrogen and oxygen atoms in total. The molecule has 0 heterocycles. The van der Waals surface area contributed by atoms with E-state index in [4.69, 9.17) is 18.9 Å². The van der Waals surface area contributed by atoms with Crippen molar-refractivity contribution in [3.63, 3.8) is 0 Å².